The third-order valence-electron chi connectivity index (χ3n) is 6.68. The zero-order valence-electron chi connectivity index (χ0n) is 17.0. The molecule has 4 rings (SSSR count). The Hall–Kier alpha value is -2.07. The fraction of sp³-hybridized carbons (Fsp3) is 0.522. The normalized spacial score (nSPS) is 29.3. The van der Waals surface area contributed by atoms with Gasteiger partial charge in [-0.1, -0.05) is 25.1 Å². The molecule has 3 aliphatic rings. The molecule has 4 nitrogen and oxygen atoms in total. The van der Waals surface area contributed by atoms with E-state index in [2.05, 4.69) is 60.9 Å². The Balaban J connectivity index is 1.45. The summed E-state index contributed by atoms with van der Waals surface area (Å²) in [6.45, 7) is 13.7. The minimum atomic E-state index is -0.0918. The van der Waals surface area contributed by atoms with E-state index < -0.39 is 0 Å². The first-order valence-corrected chi connectivity index (χ1v) is 10.1. The Morgan fingerprint density at radius 2 is 1.70 bits per heavy atom. The number of nitrogens with zero attached hydrogens (tertiary/aromatic N) is 2. The Labute approximate surface area is 163 Å². The Kier molecular flexibility index (Phi) is 4.63. The Morgan fingerprint density at radius 3 is 2.37 bits per heavy atom. The van der Waals surface area contributed by atoms with Crippen LogP contribution in [0.4, 0.5) is 5.69 Å². The monoisotopic (exact) mass is 365 g/mol. The van der Waals surface area contributed by atoms with Gasteiger partial charge in [0.05, 0.1) is 0 Å². The molecule has 2 unspecified atom stereocenters. The summed E-state index contributed by atoms with van der Waals surface area (Å²) in [5.41, 5.74) is 4.65. The molecule has 1 saturated heterocycles. The zero-order valence-corrected chi connectivity index (χ0v) is 17.0. The van der Waals surface area contributed by atoms with Crippen molar-refractivity contribution in [3.8, 4) is 0 Å². The van der Waals surface area contributed by atoms with Gasteiger partial charge < -0.3 is 15.0 Å². The third-order valence-corrected chi connectivity index (χ3v) is 6.68. The van der Waals surface area contributed by atoms with Crippen molar-refractivity contribution in [2.24, 2.45) is 11.3 Å². The van der Waals surface area contributed by atoms with Gasteiger partial charge in [0, 0.05) is 55.5 Å². The molecule has 1 N–H and O–H groups in total. The maximum Gasteiger partial charge on any atom is 0.101 e. The topological polar surface area (TPSA) is 39.6 Å². The lowest BCUT2D eigenvalue weighted by molar-refractivity contribution is 0.201. The van der Waals surface area contributed by atoms with E-state index in [1.165, 1.54) is 16.8 Å². The number of benzene rings is 1. The molecule has 2 aliphatic heterocycles. The van der Waals surface area contributed by atoms with Gasteiger partial charge >= 0.3 is 0 Å². The van der Waals surface area contributed by atoms with Crippen molar-refractivity contribution in [3.63, 3.8) is 0 Å². The standard InChI is InChI=1S/C23H31N3O/c1-16-17(2)27-18(3)20-14-23(4,22(24)21(16)20)15-25-10-12-26(13-11-25)19-8-6-5-7-9-19/h5-9,21,24H,10-15H2,1-4H3. The second-order valence-corrected chi connectivity index (χ2v) is 8.61. The van der Waals surface area contributed by atoms with Gasteiger partial charge in [-0.3, -0.25) is 4.90 Å². The quantitative estimate of drug-likeness (QED) is 0.860. The van der Waals surface area contributed by atoms with Gasteiger partial charge in [-0.15, -0.1) is 0 Å². The third kappa shape index (κ3) is 3.20. The van der Waals surface area contributed by atoms with Crippen molar-refractivity contribution >= 4 is 11.4 Å². The maximum atomic E-state index is 8.97. The van der Waals surface area contributed by atoms with Gasteiger partial charge in [0.1, 0.15) is 11.5 Å². The number of piperazine rings is 1. The maximum absolute atomic E-state index is 8.97. The highest BCUT2D eigenvalue weighted by molar-refractivity contribution is 5.97. The summed E-state index contributed by atoms with van der Waals surface area (Å²) >= 11 is 0. The minimum Gasteiger partial charge on any atom is -0.467 e. The van der Waals surface area contributed by atoms with Crippen LogP contribution in [0.2, 0.25) is 0 Å². The summed E-state index contributed by atoms with van der Waals surface area (Å²) < 4.78 is 5.95. The largest absolute Gasteiger partial charge is 0.467 e. The van der Waals surface area contributed by atoms with E-state index in [9.17, 15) is 0 Å². The summed E-state index contributed by atoms with van der Waals surface area (Å²) in [5.74, 6) is 2.16. The van der Waals surface area contributed by atoms with Gasteiger partial charge in [0.2, 0.25) is 0 Å². The van der Waals surface area contributed by atoms with E-state index in [1.54, 1.807) is 0 Å². The lowest BCUT2D eigenvalue weighted by Crippen LogP contribution is -2.50. The zero-order chi connectivity index (χ0) is 19.2. The second kappa shape index (κ2) is 6.83. The van der Waals surface area contributed by atoms with Crippen LogP contribution in [-0.2, 0) is 4.74 Å². The lowest BCUT2D eigenvalue weighted by atomic mass is 9.83. The van der Waals surface area contributed by atoms with Gasteiger partial charge in [0.15, 0.2) is 0 Å². The van der Waals surface area contributed by atoms with E-state index >= 15 is 0 Å². The van der Waals surface area contributed by atoms with Gasteiger partial charge in [-0.25, -0.2) is 0 Å². The summed E-state index contributed by atoms with van der Waals surface area (Å²) in [6, 6.07) is 10.7. The molecule has 1 saturated carbocycles. The average molecular weight is 366 g/mol. The number of hydrogen-bond acceptors (Lipinski definition) is 4. The molecule has 2 heterocycles. The van der Waals surface area contributed by atoms with E-state index in [4.69, 9.17) is 10.1 Å². The summed E-state index contributed by atoms with van der Waals surface area (Å²) in [7, 11) is 0. The molecule has 27 heavy (non-hydrogen) atoms. The van der Waals surface area contributed by atoms with Crippen LogP contribution in [0.5, 0.6) is 0 Å². The first-order valence-electron chi connectivity index (χ1n) is 10.1. The van der Waals surface area contributed by atoms with Crippen LogP contribution in [0.25, 0.3) is 0 Å². The molecular formula is C23H31N3O. The number of fused-ring (bicyclic) bond motifs is 1. The molecule has 0 radical (unpaired) electrons. The molecule has 0 spiro atoms. The first-order chi connectivity index (χ1) is 12.9. The van der Waals surface area contributed by atoms with E-state index in [0.717, 1.165) is 56.4 Å². The van der Waals surface area contributed by atoms with E-state index in [1.807, 2.05) is 6.92 Å². The number of rotatable bonds is 3. The van der Waals surface area contributed by atoms with Crippen LogP contribution in [0.15, 0.2) is 53.0 Å². The number of para-hydroxylation sites is 1. The number of nitrogens with one attached hydrogen (secondary N) is 1. The molecule has 0 bridgehead atoms. The summed E-state index contributed by atoms with van der Waals surface area (Å²) in [4.78, 5) is 5.02. The molecule has 1 aliphatic carbocycles. The van der Waals surface area contributed by atoms with E-state index in [-0.39, 0.29) is 11.3 Å². The van der Waals surface area contributed by atoms with Crippen LogP contribution < -0.4 is 4.90 Å². The molecule has 0 aromatic heterocycles. The molecule has 2 atom stereocenters. The average Bonchev–Trinajstić information content (AvgIpc) is 2.93. The molecule has 1 aromatic rings. The number of ether oxygens (including phenoxy) is 1. The van der Waals surface area contributed by atoms with Gasteiger partial charge in [-0.05, 0) is 50.5 Å². The van der Waals surface area contributed by atoms with Crippen LogP contribution in [0.1, 0.15) is 34.1 Å². The molecule has 1 aromatic carbocycles. The van der Waals surface area contributed by atoms with Crippen LogP contribution in [0, 0.1) is 16.7 Å². The van der Waals surface area contributed by atoms with Crippen molar-refractivity contribution < 1.29 is 4.74 Å². The SMILES string of the molecule is CC1=C(C)C2C(=N)C(C)(CN3CCN(c4ccccc4)CC3)CC2=C(C)O1. The second-order valence-electron chi connectivity index (χ2n) is 8.61. The Bertz CT molecular complexity index is 802. The summed E-state index contributed by atoms with van der Waals surface area (Å²) in [6.07, 6.45) is 0.950. The highest BCUT2D eigenvalue weighted by Crippen LogP contribution is 2.50. The number of allylic oxidation sites excluding steroid dienone is 4. The van der Waals surface area contributed by atoms with Gasteiger partial charge in [0.25, 0.3) is 0 Å². The molecule has 0 amide bonds. The van der Waals surface area contributed by atoms with Crippen LogP contribution >= 0.6 is 0 Å². The molecule has 4 heteroatoms. The fourth-order valence-corrected chi connectivity index (χ4v) is 4.96. The molecule has 2 fully saturated rings. The predicted octanol–water partition coefficient (Wildman–Crippen LogP) is 4.45. The molecular weight excluding hydrogens is 334 g/mol. The van der Waals surface area contributed by atoms with Crippen molar-refractivity contribution in [3.05, 3.63) is 53.0 Å². The predicted molar refractivity (Wildman–Crippen MR) is 111 cm³/mol. The van der Waals surface area contributed by atoms with Crippen molar-refractivity contribution in [1.82, 2.24) is 4.90 Å². The number of anilines is 1. The van der Waals surface area contributed by atoms with Crippen LogP contribution in [0.3, 0.4) is 0 Å². The van der Waals surface area contributed by atoms with Gasteiger partial charge in [-0.2, -0.15) is 0 Å². The lowest BCUT2D eigenvalue weighted by Gasteiger charge is -2.40. The fourth-order valence-electron chi connectivity index (χ4n) is 4.96. The molecule has 144 valence electrons. The highest BCUT2D eigenvalue weighted by atomic mass is 16.5. The minimum absolute atomic E-state index is 0.0918. The van der Waals surface area contributed by atoms with Crippen LogP contribution in [-0.4, -0.2) is 43.3 Å². The highest BCUT2D eigenvalue weighted by Gasteiger charge is 2.48. The van der Waals surface area contributed by atoms with E-state index in [0.29, 0.717) is 0 Å². The smallest absolute Gasteiger partial charge is 0.101 e. The number of hydrogen-bond donors (Lipinski definition) is 1. The van der Waals surface area contributed by atoms with Crippen molar-refractivity contribution in [1.29, 1.82) is 5.41 Å². The Morgan fingerprint density at radius 1 is 1.04 bits per heavy atom. The first kappa shape index (κ1) is 18.3. The van der Waals surface area contributed by atoms with Crippen molar-refractivity contribution in [2.45, 2.75) is 34.1 Å². The summed E-state index contributed by atoms with van der Waals surface area (Å²) in [5, 5.41) is 8.97. The van der Waals surface area contributed by atoms with Crippen molar-refractivity contribution in [2.75, 3.05) is 37.6 Å².